The Morgan fingerprint density at radius 1 is 1.00 bits per heavy atom. The minimum absolute atomic E-state index is 0.0229. The van der Waals surface area contributed by atoms with E-state index in [0.29, 0.717) is 19.4 Å². The number of ether oxygens (including phenoxy) is 1. The first-order valence-corrected chi connectivity index (χ1v) is 6.05. The molecule has 15 heavy (non-hydrogen) atoms. The summed E-state index contributed by atoms with van der Waals surface area (Å²) in [6.07, 6.45) is 7.35. The van der Waals surface area contributed by atoms with E-state index in [1.165, 1.54) is 12.8 Å². The van der Waals surface area contributed by atoms with Crippen LogP contribution < -0.4 is 0 Å². The minimum Gasteiger partial charge on any atom is -0.466 e. The largest absolute Gasteiger partial charge is 0.466 e. The highest BCUT2D eigenvalue weighted by atomic mass is 16.5. The van der Waals surface area contributed by atoms with E-state index in [1.807, 2.05) is 0 Å². The first-order valence-electron chi connectivity index (χ1n) is 6.05. The standard InChI is InChI=1S/C12H23O3/c1-2-3-4-6-9-12(14)15-11-8-5-7-10-13/h2-11H2,1H3. The maximum atomic E-state index is 11.2. The van der Waals surface area contributed by atoms with Crippen molar-refractivity contribution in [1.29, 1.82) is 0 Å². The number of hydrogen-bond acceptors (Lipinski definition) is 2. The minimum atomic E-state index is -0.0896. The number of unbranched alkanes of at least 4 members (excludes halogenated alkanes) is 5. The normalized spacial score (nSPS) is 10.3. The number of rotatable bonds is 10. The second-order valence-electron chi connectivity index (χ2n) is 3.80. The maximum absolute atomic E-state index is 11.2. The summed E-state index contributed by atoms with van der Waals surface area (Å²) in [5.41, 5.74) is 0. The van der Waals surface area contributed by atoms with Crippen LogP contribution in [0.1, 0.15) is 58.3 Å². The second kappa shape index (κ2) is 11.5. The number of hydrogen-bond donors (Lipinski definition) is 0. The summed E-state index contributed by atoms with van der Waals surface area (Å²) >= 11 is 0. The van der Waals surface area contributed by atoms with E-state index in [9.17, 15) is 9.90 Å². The lowest BCUT2D eigenvalue weighted by Gasteiger charge is -2.03. The van der Waals surface area contributed by atoms with Gasteiger partial charge in [-0.15, -0.1) is 0 Å². The predicted molar refractivity (Wildman–Crippen MR) is 59.1 cm³/mol. The zero-order valence-corrected chi connectivity index (χ0v) is 9.80. The van der Waals surface area contributed by atoms with Crippen molar-refractivity contribution in [2.45, 2.75) is 58.3 Å². The van der Waals surface area contributed by atoms with Crippen molar-refractivity contribution in [2.75, 3.05) is 13.2 Å². The van der Waals surface area contributed by atoms with Crippen LogP contribution in [0.4, 0.5) is 0 Å². The molecule has 0 heterocycles. The lowest BCUT2D eigenvalue weighted by atomic mass is 10.1. The first kappa shape index (κ1) is 14.4. The van der Waals surface area contributed by atoms with Gasteiger partial charge in [-0.05, 0) is 25.7 Å². The van der Waals surface area contributed by atoms with E-state index in [2.05, 4.69) is 6.92 Å². The van der Waals surface area contributed by atoms with E-state index >= 15 is 0 Å². The maximum Gasteiger partial charge on any atom is 0.305 e. The Kier molecular flexibility index (Phi) is 11.1. The fourth-order valence-corrected chi connectivity index (χ4v) is 1.34. The third-order valence-electron chi connectivity index (χ3n) is 2.29. The third-order valence-corrected chi connectivity index (χ3v) is 2.29. The van der Waals surface area contributed by atoms with Crippen LogP contribution in [0.5, 0.6) is 0 Å². The molecule has 0 atom stereocenters. The average molecular weight is 215 g/mol. The topological polar surface area (TPSA) is 46.2 Å². The van der Waals surface area contributed by atoms with Gasteiger partial charge in [-0.1, -0.05) is 26.2 Å². The summed E-state index contributed by atoms with van der Waals surface area (Å²) in [7, 11) is 0. The first-order chi connectivity index (χ1) is 7.31. The van der Waals surface area contributed by atoms with Gasteiger partial charge < -0.3 is 4.74 Å². The molecule has 1 radical (unpaired) electrons. The summed E-state index contributed by atoms with van der Waals surface area (Å²) in [5, 5.41) is 10.1. The molecule has 0 saturated carbocycles. The van der Waals surface area contributed by atoms with Gasteiger partial charge in [0, 0.05) is 6.42 Å². The summed E-state index contributed by atoms with van der Waals surface area (Å²) in [6.45, 7) is 2.60. The van der Waals surface area contributed by atoms with Gasteiger partial charge >= 0.3 is 5.97 Å². The molecule has 0 bridgehead atoms. The molecule has 0 amide bonds. The van der Waals surface area contributed by atoms with E-state index in [1.54, 1.807) is 0 Å². The van der Waals surface area contributed by atoms with Crippen molar-refractivity contribution in [1.82, 2.24) is 0 Å². The van der Waals surface area contributed by atoms with Gasteiger partial charge in [0.25, 0.3) is 0 Å². The fraction of sp³-hybridized carbons (Fsp3) is 0.917. The zero-order valence-electron chi connectivity index (χ0n) is 9.80. The van der Waals surface area contributed by atoms with Crippen LogP contribution in [-0.4, -0.2) is 19.2 Å². The number of carbonyl (C=O) groups is 1. The van der Waals surface area contributed by atoms with Gasteiger partial charge in [0.05, 0.1) is 13.2 Å². The molecule has 0 saturated heterocycles. The number of carbonyl (C=O) groups excluding carboxylic acids is 1. The molecule has 89 valence electrons. The monoisotopic (exact) mass is 215 g/mol. The van der Waals surface area contributed by atoms with Crippen molar-refractivity contribution in [3.05, 3.63) is 0 Å². The Bertz CT molecular complexity index is 146. The fourth-order valence-electron chi connectivity index (χ4n) is 1.34. The Morgan fingerprint density at radius 3 is 2.40 bits per heavy atom. The van der Waals surface area contributed by atoms with Crippen molar-refractivity contribution >= 4 is 5.97 Å². The van der Waals surface area contributed by atoms with Crippen molar-refractivity contribution in [3.63, 3.8) is 0 Å². The van der Waals surface area contributed by atoms with Gasteiger partial charge in [-0.2, -0.15) is 0 Å². The molecule has 3 heteroatoms. The van der Waals surface area contributed by atoms with Crippen molar-refractivity contribution in [2.24, 2.45) is 0 Å². The van der Waals surface area contributed by atoms with Gasteiger partial charge in [0.15, 0.2) is 0 Å². The van der Waals surface area contributed by atoms with Crippen molar-refractivity contribution < 1.29 is 14.6 Å². The molecule has 0 spiro atoms. The molecule has 0 aliphatic rings. The second-order valence-corrected chi connectivity index (χ2v) is 3.80. The van der Waals surface area contributed by atoms with Crippen LogP contribution in [-0.2, 0) is 14.6 Å². The van der Waals surface area contributed by atoms with E-state index in [-0.39, 0.29) is 12.6 Å². The van der Waals surface area contributed by atoms with Crippen LogP contribution in [0.15, 0.2) is 0 Å². The Morgan fingerprint density at radius 2 is 1.73 bits per heavy atom. The molecule has 0 N–H and O–H groups in total. The van der Waals surface area contributed by atoms with E-state index < -0.39 is 0 Å². The van der Waals surface area contributed by atoms with Gasteiger partial charge in [0.1, 0.15) is 0 Å². The van der Waals surface area contributed by atoms with E-state index in [0.717, 1.165) is 25.7 Å². The molecular weight excluding hydrogens is 192 g/mol. The Hall–Kier alpha value is -0.570. The third kappa shape index (κ3) is 11.4. The Balaban J connectivity index is 3.11. The average Bonchev–Trinajstić information content (AvgIpc) is 2.24. The van der Waals surface area contributed by atoms with Gasteiger partial charge in [-0.3, -0.25) is 4.79 Å². The smallest absolute Gasteiger partial charge is 0.305 e. The van der Waals surface area contributed by atoms with Crippen LogP contribution in [0, 0.1) is 0 Å². The molecule has 0 fully saturated rings. The van der Waals surface area contributed by atoms with E-state index in [4.69, 9.17) is 4.74 Å². The lowest BCUT2D eigenvalue weighted by molar-refractivity contribution is -0.143. The molecule has 0 aliphatic carbocycles. The highest BCUT2D eigenvalue weighted by Gasteiger charge is 2.01. The van der Waals surface area contributed by atoms with Crippen LogP contribution >= 0.6 is 0 Å². The van der Waals surface area contributed by atoms with Crippen LogP contribution in [0.3, 0.4) is 0 Å². The summed E-state index contributed by atoms with van der Waals surface area (Å²) < 4.78 is 5.03. The predicted octanol–water partition coefficient (Wildman–Crippen LogP) is 3.10. The number of esters is 1. The molecule has 0 aromatic heterocycles. The molecular formula is C12H23O3. The van der Waals surface area contributed by atoms with Gasteiger partial charge in [-0.25, -0.2) is 5.11 Å². The lowest BCUT2D eigenvalue weighted by Crippen LogP contribution is -2.05. The van der Waals surface area contributed by atoms with Crippen LogP contribution in [0.2, 0.25) is 0 Å². The summed E-state index contributed by atoms with van der Waals surface area (Å²) in [6, 6.07) is 0. The molecule has 0 aromatic rings. The molecule has 3 nitrogen and oxygen atoms in total. The molecule has 0 aliphatic heterocycles. The molecule has 0 unspecified atom stereocenters. The SMILES string of the molecule is CCCCCCC(=O)OCCCCC[O]. The summed E-state index contributed by atoms with van der Waals surface area (Å²) in [5.74, 6) is -0.0896. The quantitative estimate of drug-likeness (QED) is 0.415. The molecule has 0 aromatic carbocycles. The summed E-state index contributed by atoms with van der Waals surface area (Å²) in [4.78, 5) is 11.2. The zero-order chi connectivity index (χ0) is 11.4. The van der Waals surface area contributed by atoms with Crippen LogP contribution in [0.25, 0.3) is 0 Å². The van der Waals surface area contributed by atoms with Gasteiger partial charge in [0.2, 0.25) is 0 Å². The highest BCUT2D eigenvalue weighted by Crippen LogP contribution is 2.04. The van der Waals surface area contributed by atoms with Crippen molar-refractivity contribution in [3.8, 4) is 0 Å². The molecule has 0 rings (SSSR count). The Labute approximate surface area is 92.8 Å². The highest BCUT2D eigenvalue weighted by molar-refractivity contribution is 5.69.